The fraction of sp³-hybridized carbons (Fsp3) is 0.238. The van der Waals surface area contributed by atoms with Crippen LogP contribution in [0.5, 0.6) is 0 Å². The lowest BCUT2D eigenvalue weighted by atomic mass is 10.1. The van der Waals surface area contributed by atoms with Crippen molar-refractivity contribution >= 4 is 23.3 Å². The monoisotopic (exact) mass is 455 g/mol. The molecule has 0 unspecified atom stereocenters. The van der Waals surface area contributed by atoms with Crippen molar-refractivity contribution in [3.05, 3.63) is 82.5 Å². The maximum absolute atomic E-state index is 12.9. The highest BCUT2D eigenvalue weighted by molar-refractivity contribution is 6.31. The zero-order chi connectivity index (χ0) is 22.4. The zero-order valence-corrected chi connectivity index (χ0v) is 16.8. The first-order chi connectivity index (χ1) is 14.7. The molecular formula is C21H18ClF4N3O2. The van der Waals surface area contributed by atoms with Crippen molar-refractivity contribution in [3.63, 3.8) is 0 Å². The number of carbonyl (C=O) groups is 1. The fourth-order valence-electron chi connectivity index (χ4n) is 2.68. The van der Waals surface area contributed by atoms with Crippen LogP contribution in [0.3, 0.4) is 0 Å². The highest BCUT2D eigenvalue weighted by Gasteiger charge is 2.40. The van der Waals surface area contributed by atoms with Gasteiger partial charge in [-0.25, -0.2) is 8.78 Å². The van der Waals surface area contributed by atoms with Gasteiger partial charge in [-0.3, -0.25) is 9.48 Å². The summed E-state index contributed by atoms with van der Waals surface area (Å²) in [6.07, 6.45) is -2.12. The molecule has 10 heteroatoms. The van der Waals surface area contributed by atoms with Crippen LogP contribution >= 0.6 is 11.6 Å². The second-order valence-corrected chi connectivity index (χ2v) is 7.11. The van der Waals surface area contributed by atoms with Gasteiger partial charge in [-0.2, -0.15) is 13.9 Å². The number of anilines is 1. The maximum Gasteiger partial charge on any atom is 0.330 e. The fourth-order valence-corrected chi connectivity index (χ4v) is 2.87. The number of carbonyl (C=O) groups excluding carboxylic acids is 1. The summed E-state index contributed by atoms with van der Waals surface area (Å²) in [4.78, 5) is 12.5. The number of nitrogens with one attached hydrogen (secondary N) is 1. The third kappa shape index (κ3) is 6.28. The normalized spacial score (nSPS) is 11.7. The molecule has 0 aliphatic rings. The summed E-state index contributed by atoms with van der Waals surface area (Å²) in [7, 11) is 0. The standard InChI is InChI=1S/C21H18ClF4N3O2/c22-17-7-2-1-5-16(17)11-29-9-8-18(28-29)27-19(30)15-6-3-4-14(10-15)12-31-13-21(25,26)20(23)24/h1-10,20H,11-13H2,(H,27,28,30). The topological polar surface area (TPSA) is 56.2 Å². The summed E-state index contributed by atoms with van der Waals surface area (Å²) in [6.45, 7) is -1.33. The van der Waals surface area contributed by atoms with Gasteiger partial charge in [0.25, 0.3) is 5.91 Å². The lowest BCUT2D eigenvalue weighted by molar-refractivity contribution is -0.168. The quantitative estimate of drug-likeness (QED) is 0.448. The molecule has 1 N–H and O–H groups in total. The van der Waals surface area contributed by atoms with E-state index in [1.54, 1.807) is 23.0 Å². The Bertz CT molecular complexity index is 1040. The van der Waals surface area contributed by atoms with E-state index >= 15 is 0 Å². The van der Waals surface area contributed by atoms with E-state index in [-0.39, 0.29) is 12.2 Å². The van der Waals surface area contributed by atoms with Crippen molar-refractivity contribution in [2.75, 3.05) is 11.9 Å². The van der Waals surface area contributed by atoms with Crippen LogP contribution in [0, 0.1) is 0 Å². The van der Waals surface area contributed by atoms with Gasteiger partial charge in [-0.05, 0) is 29.3 Å². The number of hydrogen-bond donors (Lipinski definition) is 1. The third-order valence-corrected chi connectivity index (χ3v) is 4.61. The first-order valence-electron chi connectivity index (χ1n) is 9.15. The van der Waals surface area contributed by atoms with Gasteiger partial charge in [0, 0.05) is 22.8 Å². The molecule has 5 nitrogen and oxygen atoms in total. The lowest BCUT2D eigenvalue weighted by Gasteiger charge is -2.15. The van der Waals surface area contributed by atoms with Crippen LogP contribution in [0.25, 0.3) is 0 Å². The number of aromatic nitrogens is 2. The SMILES string of the molecule is O=C(Nc1ccn(Cc2ccccc2Cl)n1)c1cccc(COCC(F)(F)C(F)F)c1. The molecule has 0 aliphatic heterocycles. The molecular weight excluding hydrogens is 438 g/mol. The molecule has 0 fully saturated rings. The van der Waals surface area contributed by atoms with Gasteiger partial charge in [0.15, 0.2) is 5.82 Å². The summed E-state index contributed by atoms with van der Waals surface area (Å²) in [6, 6.07) is 15.0. The molecule has 1 amide bonds. The summed E-state index contributed by atoms with van der Waals surface area (Å²) >= 11 is 6.14. The molecule has 1 heterocycles. The minimum atomic E-state index is -4.22. The predicted molar refractivity (Wildman–Crippen MR) is 108 cm³/mol. The number of benzene rings is 2. The van der Waals surface area contributed by atoms with E-state index < -0.39 is 24.9 Å². The van der Waals surface area contributed by atoms with Crippen LogP contribution in [-0.4, -0.2) is 34.6 Å². The van der Waals surface area contributed by atoms with Crippen molar-refractivity contribution in [3.8, 4) is 0 Å². The Labute approximate surface area is 180 Å². The Morgan fingerprint density at radius 2 is 1.94 bits per heavy atom. The molecule has 0 spiro atoms. The van der Waals surface area contributed by atoms with E-state index in [4.69, 9.17) is 11.6 Å². The number of ether oxygens (including phenoxy) is 1. The largest absolute Gasteiger partial charge is 0.370 e. The van der Waals surface area contributed by atoms with Crippen LogP contribution < -0.4 is 5.32 Å². The van der Waals surface area contributed by atoms with E-state index in [1.165, 1.54) is 24.3 Å². The molecule has 3 rings (SSSR count). The molecule has 1 aromatic heterocycles. The van der Waals surface area contributed by atoms with Crippen molar-refractivity contribution < 1.29 is 27.1 Å². The summed E-state index contributed by atoms with van der Waals surface area (Å²) in [5.41, 5.74) is 1.50. The Morgan fingerprint density at radius 1 is 1.16 bits per heavy atom. The van der Waals surface area contributed by atoms with Gasteiger partial charge < -0.3 is 10.1 Å². The van der Waals surface area contributed by atoms with Crippen molar-refractivity contribution in [2.45, 2.75) is 25.5 Å². The zero-order valence-electron chi connectivity index (χ0n) is 16.1. The number of rotatable bonds is 9. The van der Waals surface area contributed by atoms with Gasteiger partial charge in [0.1, 0.15) is 6.61 Å². The molecule has 2 aromatic carbocycles. The second-order valence-electron chi connectivity index (χ2n) is 6.70. The van der Waals surface area contributed by atoms with E-state index in [2.05, 4.69) is 15.2 Å². The Hall–Kier alpha value is -2.91. The van der Waals surface area contributed by atoms with E-state index in [0.29, 0.717) is 22.9 Å². The highest BCUT2D eigenvalue weighted by Crippen LogP contribution is 2.23. The number of hydrogen-bond acceptors (Lipinski definition) is 3. The second kappa shape index (κ2) is 9.93. The summed E-state index contributed by atoms with van der Waals surface area (Å²) < 4.78 is 56.4. The van der Waals surface area contributed by atoms with Gasteiger partial charge in [-0.1, -0.05) is 41.9 Å². The van der Waals surface area contributed by atoms with Crippen molar-refractivity contribution in [2.24, 2.45) is 0 Å². The van der Waals surface area contributed by atoms with E-state index in [1.807, 2.05) is 18.2 Å². The average molecular weight is 456 g/mol. The molecule has 0 atom stereocenters. The molecule has 0 saturated carbocycles. The number of halogens is 5. The number of nitrogens with zero attached hydrogens (tertiary/aromatic N) is 2. The van der Waals surface area contributed by atoms with Gasteiger partial charge in [-0.15, -0.1) is 0 Å². The number of amides is 1. The Morgan fingerprint density at radius 3 is 2.68 bits per heavy atom. The minimum absolute atomic E-state index is 0.238. The predicted octanol–water partition coefficient (Wildman–Crippen LogP) is 5.25. The van der Waals surface area contributed by atoms with Crippen LogP contribution in [0.4, 0.5) is 23.4 Å². The van der Waals surface area contributed by atoms with Gasteiger partial charge >= 0.3 is 12.3 Å². The smallest absolute Gasteiger partial charge is 0.330 e. The molecule has 0 aliphatic carbocycles. The van der Waals surface area contributed by atoms with Crippen LogP contribution in [-0.2, 0) is 17.9 Å². The van der Waals surface area contributed by atoms with Crippen molar-refractivity contribution in [1.29, 1.82) is 0 Å². The van der Waals surface area contributed by atoms with E-state index in [0.717, 1.165) is 5.56 Å². The first-order valence-corrected chi connectivity index (χ1v) is 9.53. The van der Waals surface area contributed by atoms with Crippen LogP contribution in [0.1, 0.15) is 21.5 Å². The molecule has 0 saturated heterocycles. The third-order valence-electron chi connectivity index (χ3n) is 4.24. The summed E-state index contributed by atoms with van der Waals surface area (Å²) in [5.74, 6) is -4.38. The average Bonchev–Trinajstić information content (AvgIpc) is 3.16. The minimum Gasteiger partial charge on any atom is -0.370 e. The highest BCUT2D eigenvalue weighted by atomic mass is 35.5. The Balaban J connectivity index is 1.58. The maximum atomic E-state index is 12.9. The first kappa shape index (κ1) is 22.8. The van der Waals surface area contributed by atoms with Crippen molar-refractivity contribution in [1.82, 2.24) is 9.78 Å². The van der Waals surface area contributed by atoms with Gasteiger partial charge in [0.05, 0.1) is 13.2 Å². The van der Waals surface area contributed by atoms with Crippen LogP contribution in [0.2, 0.25) is 5.02 Å². The molecule has 31 heavy (non-hydrogen) atoms. The van der Waals surface area contributed by atoms with E-state index in [9.17, 15) is 22.4 Å². The molecule has 3 aromatic rings. The van der Waals surface area contributed by atoms with Gasteiger partial charge in [0.2, 0.25) is 0 Å². The Kier molecular flexibility index (Phi) is 7.29. The van der Waals surface area contributed by atoms with Crippen LogP contribution in [0.15, 0.2) is 60.8 Å². The lowest BCUT2D eigenvalue weighted by Crippen LogP contribution is -2.32. The summed E-state index contributed by atoms with van der Waals surface area (Å²) in [5, 5.41) is 7.52. The molecule has 0 radical (unpaired) electrons. The molecule has 0 bridgehead atoms. The molecule has 164 valence electrons. The number of alkyl halides is 4.